The van der Waals surface area contributed by atoms with Crippen molar-refractivity contribution in [1.29, 1.82) is 0 Å². The molecular weight excluding hydrogens is 626 g/mol. The van der Waals surface area contributed by atoms with E-state index < -0.39 is 39.0 Å². The lowest BCUT2D eigenvalue weighted by molar-refractivity contribution is -0.166. The maximum absolute atomic E-state index is 12.8. The third-order valence-electron chi connectivity index (χ3n) is 12.1. The number of carbonyl (C=O) groups excluding carboxylic acids is 1. The lowest BCUT2D eigenvalue weighted by Gasteiger charge is -2.62. The predicted molar refractivity (Wildman–Crippen MR) is 164 cm³/mol. The van der Waals surface area contributed by atoms with Crippen molar-refractivity contribution in [3.8, 4) is 0 Å². The SMILES string of the molecule is C[C@H](CCC(=O)Nc1ccc(C(=O)O)cc1)[C@H]1CC[C@H]2[C@@H]3[C@@H](OS(=O)(=O)O)C[C@@H]4C[C@H](OS(=O)(=O)O)CC[C@]4(C)[C@H]3CC[C@]12C. The molecule has 4 aliphatic carbocycles. The number of carbonyl (C=O) groups is 2. The van der Waals surface area contributed by atoms with Gasteiger partial charge in [0, 0.05) is 12.1 Å². The van der Waals surface area contributed by atoms with Crippen molar-refractivity contribution < 1.29 is 49.0 Å². The largest absolute Gasteiger partial charge is 0.478 e. The second-order valence-corrected chi connectivity index (χ2v) is 16.5. The third-order valence-corrected chi connectivity index (χ3v) is 13.1. The van der Waals surface area contributed by atoms with Crippen LogP contribution in [0.25, 0.3) is 0 Å². The van der Waals surface area contributed by atoms with E-state index in [9.17, 15) is 35.5 Å². The average molecular weight is 672 g/mol. The molecule has 4 saturated carbocycles. The van der Waals surface area contributed by atoms with Crippen molar-refractivity contribution in [2.75, 3.05) is 5.32 Å². The number of rotatable bonds is 10. The number of carboxylic acids is 1. The highest BCUT2D eigenvalue weighted by atomic mass is 32.3. The molecule has 0 aromatic heterocycles. The summed E-state index contributed by atoms with van der Waals surface area (Å²) in [6.07, 6.45) is 4.94. The maximum Gasteiger partial charge on any atom is 0.397 e. The van der Waals surface area contributed by atoms with Crippen molar-refractivity contribution >= 4 is 38.4 Å². The van der Waals surface area contributed by atoms with E-state index in [2.05, 4.69) is 26.1 Å². The molecule has 14 heteroatoms. The Morgan fingerprint density at radius 3 is 2.16 bits per heavy atom. The Kier molecular flexibility index (Phi) is 9.51. The van der Waals surface area contributed by atoms with Gasteiger partial charge in [-0.25, -0.2) is 13.2 Å². The number of hydrogen-bond donors (Lipinski definition) is 4. The van der Waals surface area contributed by atoms with Gasteiger partial charge >= 0.3 is 26.8 Å². The minimum absolute atomic E-state index is 0.106. The number of carboxylic acid groups (broad SMARTS) is 1. The molecule has 1 aromatic carbocycles. The standard InChI is InChI=1S/C31H45NO11S2/c1-18(4-11-27(33)32-21-7-5-19(6-8-21)29(34)35)23-9-10-24-28-25(13-15-31(23,24)3)30(2)14-12-22(42-44(36,37)38)16-20(30)17-26(28)43-45(39,40)41/h5-8,18,20,22-26,28H,4,9-17H2,1-3H3,(H,32,33)(H,34,35)(H,36,37,38)(H,39,40,41)/t18-,20+,22-,23-,24+,25+,26+,28+,30+,31-/m1/s1. The summed E-state index contributed by atoms with van der Waals surface area (Å²) in [4.78, 5) is 23.9. The summed E-state index contributed by atoms with van der Waals surface area (Å²) < 4.78 is 76.4. The fraction of sp³-hybridized carbons (Fsp3) is 0.742. The lowest BCUT2D eigenvalue weighted by Crippen LogP contribution is -2.59. The van der Waals surface area contributed by atoms with Crippen LogP contribution in [0.4, 0.5) is 5.69 Å². The van der Waals surface area contributed by atoms with Gasteiger partial charge in [0.25, 0.3) is 0 Å². The van der Waals surface area contributed by atoms with Gasteiger partial charge in [-0.15, -0.1) is 0 Å². The van der Waals surface area contributed by atoms with Crippen molar-refractivity contribution in [3.05, 3.63) is 29.8 Å². The van der Waals surface area contributed by atoms with E-state index in [1.807, 2.05) is 0 Å². The summed E-state index contributed by atoms with van der Waals surface area (Å²) in [5.41, 5.74) is 0.371. The highest BCUT2D eigenvalue weighted by Crippen LogP contribution is 2.69. The van der Waals surface area contributed by atoms with Crippen LogP contribution in [0.3, 0.4) is 0 Å². The second kappa shape index (κ2) is 12.5. The van der Waals surface area contributed by atoms with Crippen molar-refractivity contribution in [1.82, 2.24) is 0 Å². The minimum Gasteiger partial charge on any atom is -0.478 e. The molecule has 0 heterocycles. The highest BCUT2D eigenvalue weighted by molar-refractivity contribution is 7.81. The third kappa shape index (κ3) is 7.25. The lowest BCUT2D eigenvalue weighted by atomic mass is 9.43. The molecule has 0 radical (unpaired) electrons. The zero-order valence-electron chi connectivity index (χ0n) is 25.9. The van der Waals surface area contributed by atoms with Crippen LogP contribution >= 0.6 is 0 Å². The van der Waals surface area contributed by atoms with E-state index in [1.165, 1.54) is 12.1 Å². The molecule has 5 rings (SSSR count). The summed E-state index contributed by atoms with van der Waals surface area (Å²) in [6.45, 7) is 6.65. The number of benzene rings is 1. The Bertz CT molecular complexity index is 1500. The van der Waals surface area contributed by atoms with E-state index in [1.54, 1.807) is 12.1 Å². The molecule has 0 aliphatic heterocycles. The smallest absolute Gasteiger partial charge is 0.397 e. The summed E-state index contributed by atoms with van der Waals surface area (Å²) in [5.74, 6) is -0.601. The molecule has 1 amide bonds. The second-order valence-electron chi connectivity index (χ2n) is 14.4. The number of fused-ring (bicyclic) bond motifs is 5. The summed E-state index contributed by atoms with van der Waals surface area (Å²) in [5, 5.41) is 11.9. The fourth-order valence-corrected chi connectivity index (χ4v) is 11.2. The van der Waals surface area contributed by atoms with Crippen LogP contribution in [-0.4, -0.2) is 55.1 Å². The van der Waals surface area contributed by atoms with Gasteiger partial charge < -0.3 is 10.4 Å². The van der Waals surface area contributed by atoms with Gasteiger partial charge in [-0.05, 0) is 128 Å². The molecular formula is C31H45NO11S2. The summed E-state index contributed by atoms with van der Waals surface area (Å²) in [6, 6.07) is 6.03. The first-order valence-electron chi connectivity index (χ1n) is 15.8. The number of aromatic carboxylic acids is 1. The van der Waals surface area contributed by atoms with Crippen molar-refractivity contribution in [2.24, 2.45) is 46.3 Å². The van der Waals surface area contributed by atoms with Gasteiger partial charge in [0.2, 0.25) is 5.91 Å². The Morgan fingerprint density at radius 2 is 1.53 bits per heavy atom. The van der Waals surface area contributed by atoms with Crippen LogP contribution in [0.1, 0.15) is 95.3 Å². The van der Waals surface area contributed by atoms with Crippen molar-refractivity contribution in [2.45, 2.75) is 97.2 Å². The molecule has 252 valence electrons. The molecule has 0 saturated heterocycles. The van der Waals surface area contributed by atoms with Crippen LogP contribution in [0.15, 0.2) is 24.3 Å². The zero-order valence-corrected chi connectivity index (χ0v) is 27.6. The normalized spacial score (nSPS) is 37.1. The topological polar surface area (TPSA) is 194 Å². The Morgan fingerprint density at radius 1 is 0.911 bits per heavy atom. The first-order valence-corrected chi connectivity index (χ1v) is 18.6. The first kappa shape index (κ1) is 34.2. The van der Waals surface area contributed by atoms with Crippen LogP contribution < -0.4 is 5.32 Å². The number of hydrogen-bond acceptors (Lipinski definition) is 8. The van der Waals surface area contributed by atoms with Gasteiger partial charge in [0.15, 0.2) is 0 Å². The monoisotopic (exact) mass is 671 g/mol. The fourth-order valence-electron chi connectivity index (χ4n) is 10.1. The van der Waals surface area contributed by atoms with Crippen molar-refractivity contribution in [3.63, 3.8) is 0 Å². The molecule has 4 fully saturated rings. The molecule has 10 atom stereocenters. The van der Waals surface area contributed by atoms with Gasteiger partial charge in [-0.1, -0.05) is 20.8 Å². The van der Waals surface area contributed by atoms with E-state index >= 15 is 0 Å². The molecule has 0 unspecified atom stereocenters. The average Bonchev–Trinajstić information content (AvgIpc) is 3.28. The maximum atomic E-state index is 12.8. The van der Waals surface area contributed by atoms with E-state index in [0.717, 1.165) is 25.7 Å². The number of anilines is 1. The molecule has 4 aliphatic rings. The van der Waals surface area contributed by atoms with Crippen LogP contribution in [-0.2, 0) is 34.0 Å². The zero-order chi connectivity index (χ0) is 32.9. The number of nitrogens with one attached hydrogen (secondary N) is 1. The van der Waals surface area contributed by atoms with Crippen LogP contribution in [0.5, 0.6) is 0 Å². The van der Waals surface area contributed by atoms with Crippen LogP contribution in [0.2, 0.25) is 0 Å². The molecule has 0 spiro atoms. The van der Waals surface area contributed by atoms with Crippen LogP contribution in [0, 0.1) is 46.3 Å². The number of amides is 1. The molecule has 1 aromatic rings. The Labute approximate surface area is 265 Å². The predicted octanol–water partition coefficient (Wildman–Crippen LogP) is 5.38. The Balaban J connectivity index is 1.29. The molecule has 4 N–H and O–H groups in total. The molecule has 0 bridgehead atoms. The minimum atomic E-state index is -4.74. The molecule has 12 nitrogen and oxygen atoms in total. The van der Waals surface area contributed by atoms with Gasteiger partial charge in [0.1, 0.15) is 0 Å². The van der Waals surface area contributed by atoms with E-state index in [0.29, 0.717) is 50.1 Å². The van der Waals surface area contributed by atoms with Gasteiger partial charge in [-0.2, -0.15) is 16.8 Å². The first-order chi connectivity index (χ1) is 20.9. The summed E-state index contributed by atoms with van der Waals surface area (Å²) in [7, 11) is -9.37. The Hall–Kier alpha value is -2.10. The molecule has 45 heavy (non-hydrogen) atoms. The van der Waals surface area contributed by atoms with E-state index in [-0.39, 0.29) is 51.9 Å². The highest BCUT2D eigenvalue weighted by Gasteiger charge is 2.64. The van der Waals surface area contributed by atoms with Gasteiger partial charge in [-0.3, -0.25) is 13.9 Å². The summed E-state index contributed by atoms with van der Waals surface area (Å²) >= 11 is 0. The quantitative estimate of drug-likeness (QED) is 0.233. The van der Waals surface area contributed by atoms with E-state index in [4.69, 9.17) is 13.5 Å². The van der Waals surface area contributed by atoms with Gasteiger partial charge in [0.05, 0.1) is 17.8 Å².